The molecule has 1 aromatic carbocycles. The minimum absolute atomic E-state index is 0.150. The number of non-ortho nitro benzene ring substituents is 1. The molecule has 9 heteroatoms. The van der Waals surface area contributed by atoms with Crippen LogP contribution in [-0.4, -0.2) is 27.6 Å². The molecule has 0 atom stereocenters. The monoisotopic (exact) mass is 293 g/mol. The van der Waals surface area contributed by atoms with E-state index in [0.29, 0.717) is 0 Å². The van der Waals surface area contributed by atoms with Crippen LogP contribution in [0.5, 0.6) is 0 Å². The average Bonchev–Trinajstić information content (AvgIpc) is 2.35. The number of nitrogens with zero attached hydrogens (tertiary/aromatic N) is 2. The SMILES string of the molecule is O=[N+]([O-])c1ccc(NC(CCl)CCl)c([N+](=O)[O-])c1. The van der Waals surface area contributed by atoms with Gasteiger partial charge in [0.25, 0.3) is 11.4 Å². The Hall–Kier alpha value is -1.60. The predicted molar refractivity (Wildman–Crippen MR) is 68.6 cm³/mol. The molecule has 18 heavy (non-hydrogen) atoms. The normalized spacial score (nSPS) is 10.4. The van der Waals surface area contributed by atoms with Crippen molar-refractivity contribution in [2.75, 3.05) is 17.1 Å². The summed E-state index contributed by atoms with van der Waals surface area (Å²) in [7, 11) is 0. The molecular formula is C9H9Cl2N3O4. The van der Waals surface area contributed by atoms with Crippen molar-refractivity contribution in [2.45, 2.75) is 6.04 Å². The summed E-state index contributed by atoms with van der Waals surface area (Å²) in [5, 5.41) is 24.1. The van der Waals surface area contributed by atoms with Crippen molar-refractivity contribution in [3.05, 3.63) is 38.4 Å². The molecule has 0 bridgehead atoms. The highest BCUT2D eigenvalue weighted by molar-refractivity contribution is 6.21. The Balaban J connectivity index is 3.11. The van der Waals surface area contributed by atoms with Gasteiger partial charge in [0.15, 0.2) is 0 Å². The lowest BCUT2D eigenvalue weighted by Gasteiger charge is -2.13. The van der Waals surface area contributed by atoms with E-state index in [1.807, 2.05) is 0 Å². The molecule has 98 valence electrons. The number of nitro groups is 2. The fourth-order valence-corrected chi connectivity index (χ4v) is 1.73. The van der Waals surface area contributed by atoms with E-state index < -0.39 is 9.85 Å². The van der Waals surface area contributed by atoms with Gasteiger partial charge in [-0.2, -0.15) is 0 Å². The van der Waals surface area contributed by atoms with Gasteiger partial charge in [-0.05, 0) is 6.07 Å². The zero-order valence-corrected chi connectivity index (χ0v) is 10.5. The van der Waals surface area contributed by atoms with Crippen molar-refractivity contribution in [3.63, 3.8) is 0 Å². The van der Waals surface area contributed by atoms with E-state index in [4.69, 9.17) is 23.2 Å². The van der Waals surface area contributed by atoms with Gasteiger partial charge in [0.05, 0.1) is 22.0 Å². The number of alkyl halides is 2. The summed E-state index contributed by atoms with van der Waals surface area (Å²) in [5.74, 6) is 0.329. The van der Waals surface area contributed by atoms with E-state index in [0.717, 1.165) is 6.07 Å². The number of nitrogens with one attached hydrogen (secondary N) is 1. The van der Waals surface area contributed by atoms with Gasteiger partial charge in [-0.25, -0.2) is 0 Å². The summed E-state index contributed by atoms with van der Waals surface area (Å²) in [4.78, 5) is 20.0. The molecular weight excluding hydrogens is 285 g/mol. The standard InChI is InChI=1S/C9H9Cl2N3O4/c10-4-6(5-11)12-8-2-1-7(13(15)16)3-9(8)14(17)18/h1-3,6,12H,4-5H2. The first kappa shape index (κ1) is 14.5. The average molecular weight is 294 g/mol. The summed E-state index contributed by atoms with van der Waals surface area (Å²) < 4.78 is 0. The van der Waals surface area contributed by atoms with Gasteiger partial charge in [-0.3, -0.25) is 20.2 Å². The summed E-state index contributed by atoms with van der Waals surface area (Å²) in [6.45, 7) is 0. The third-order valence-electron chi connectivity index (χ3n) is 2.12. The fraction of sp³-hybridized carbons (Fsp3) is 0.333. The van der Waals surface area contributed by atoms with Crippen LogP contribution in [0.1, 0.15) is 0 Å². The lowest BCUT2D eigenvalue weighted by molar-refractivity contribution is -0.393. The van der Waals surface area contributed by atoms with Crippen molar-refractivity contribution < 1.29 is 9.85 Å². The first-order valence-corrected chi connectivity index (χ1v) is 5.87. The number of benzene rings is 1. The first-order chi connectivity index (χ1) is 8.49. The number of halogens is 2. The third kappa shape index (κ3) is 3.44. The Kier molecular flexibility index (Phi) is 5.11. The lowest BCUT2D eigenvalue weighted by atomic mass is 10.2. The maximum atomic E-state index is 10.8. The maximum absolute atomic E-state index is 10.8. The molecule has 1 rings (SSSR count). The number of hydrogen-bond acceptors (Lipinski definition) is 5. The molecule has 1 N–H and O–H groups in total. The lowest BCUT2D eigenvalue weighted by Crippen LogP contribution is -2.23. The number of rotatable bonds is 6. The van der Waals surface area contributed by atoms with Gasteiger partial charge in [-0.15, -0.1) is 23.2 Å². The highest BCUT2D eigenvalue weighted by atomic mass is 35.5. The van der Waals surface area contributed by atoms with Crippen LogP contribution >= 0.6 is 23.2 Å². The van der Waals surface area contributed by atoms with Gasteiger partial charge >= 0.3 is 0 Å². The van der Waals surface area contributed by atoms with Gasteiger partial charge in [0.1, 0.15) is 5.69 Å². The summed E-state index contributed by atoms with van der Waals surface area (Å²) >= 11 is 11.2. The molecule has 0 aliphatic heterocycles. The zero-order valence-electron chi connectivity index (χ0n) is 9.01. The van der Waals surface area contributed by atoms with Crippen molar-refractivity contribution >= 4 is 40.3 Å². The number of hydrogen-bond donors (Lipinski definition) is 1. The molecule has 1 aromatic rings. The van der Waals surface area contributed by atoms with Crippen LogP contribution in [0.4, 0.5) is 17.1 Å². The van der Waals surface area contributed by atoms with Crippen LogP contribution in [0.25, 0.3) is 0 Å². The first-order valence-electron chi connectivity index (χ1n) is 4.81. The quantitative estimate of drug-likeness (QED) is 0.494. The smallest absolute Gasteiger partial charge is 0.299 e. The van der Waals surface area contributed by atoms with Crippen LogP contribution in [0.15, 0.2) is 18.2 Å². The molecule has 0 fully saturated rings. The summed E-state index contributed by atoms with van der Waals surface area (Å²) in [6.07, 6.45) is 0. The second-order valence-corrected chi connectivity index (χ2v) is 3.98. The van der Waals surface area contributed by atoms with Crippen LogP contribution < -0.4 is 5.32 Å². The molecule has 0 unspecified atom stereocenters. The molecule has 0 aromatic heterocycles. The zero-order chi connectivity index (χ0) is 13.7. The van der Waals surface area contributed by atoms with Crippen molar-refractivity contribution in [1.82, 2.24) is 0 Å². The highest BCUT2D eigenvalue weighted by Crippen LogP contribution is 2.29. The van der Waals surface area contributed by atoms with Gasteiger partial charge < -0.3 is 5.32 Å². The van der Waals surface area contributed by atoms with E-state index in [-0.39, 0.29) is 34.9 Å². The topological polar surface area (TPSA) is 98.3 Å². The van der Waals surface area contributed by atoms with Crippen molar-refractivity contribution in [1.29, 1.82) is 0 Å². The van der Waals surface area contributed by atoms with Crippen molar-refractivity contribution in [3.8, 4) is 0 Å². The molecule has 0 aliphatic carbocycles. The Morgan fingerprint density at radius 3 is 2.22 bits per heavy atom. The molecule has 0 heterocycles. The second kappa shape index (κ2) is 6.36. The summed E-state index contributed by atoms with van der Waals surface area (Å²) in [6, 6.07) is 2.98. The van der Waals surface area contributed by atoms with E-state index >= 15 is 0 Å². The Morgan fingerprint density at radius 1 is 1.17 bits per heavy atom. The molecule has 0 spiro atoms. The van der Waals surface area contributed by atoms with Gasteiger partial charge in [0, 0.05) is 17.8 Å². The minimum Gasteiger partial charge on any atom is -0.374 e. The predicted octanol–water partition coefficient (Wildman–Crippen LogP) is 2.76. The van der Waals surface area contributed by atoms with Crippen molar-refractivity contribution in [2.24, 2.45) is 0 Å². The van der Waals surface area contributed by atoms with Gasteiger partial charge in [0.2, 0.25) is 0 Å². The van der Waals surface area contributed by atoms with Crippen LogP contribution in [0, 0.1) is 20.2 Å². The van der Waals surface area contributed by atoms with E-state index in [9.17, 15) is 20.2 Å². The van der Waals surface area contributed by atoms with E-state index in [1.165, 1.54) is 12.1 Å². The molecule has 0 amide bonds. The van der Waals surface area contributed by atoms with Gasteiger partial charge in [-0.1, -0.05) is 0 Å². The maximum Gasteiger partial charge on any atom is 0.299 e. The van der Waals surface area contributed by atoms with Crippen LogP contribution in [-0.2, 0) is 0 Å². The molecule has 0 saturated carbocycles. The minimum atomic E-state index is -0.700. The van der Waals surface area contributed by atoms with Crippen LogP contribution in [0.3, 0.4) is 0 Å². The third-order valence-corrected chi connectivity index (χ3v) is 2.87. The molecule has 0 saturated heterocycles. The fourth-order valence-electron chi connectivity index (χ4n) is 1.25. The molecule has 0 aliphatic rings. The number of nitro benzene ring substituents is 2. The molecule has 7 nitrogen and oxygen atoms in total. The van der Waals surface area contributed by atoms with E-state index in [2.05, 4.69) is 5.32 Å². The Labute approximate surface area is 112 Å². The highest BCUT2D eigenvalue weighted by Gasteiger charge is 2.20. The van der Waals surface area contributed by atoms with Crippen LogP contribution in [0.2, 0.25) is 0 Å². The number of anilines is 1. The molecule has 0 radical (unpaired) electrons. The Bertz CT molecular complexity index is 465. The second-order valence-electron chi connectivity index (χ2n) is 3.37. The summed E-state index contributed by atoms with van der Waals surface area (Å²) in [5.41, 5.74) is -0.582. The van der Waals surface area contributed by atoms with E-state index in [1.54, 1.807) is 0 Å². The Morgan fingerprint density at radius 2 is 1.78 bits per heavy atom. The largest absolute Gasteiger partial charge is 0.374 e.